The molecule has 0 aromatic heterocycles. The van der Waals surface area contributed by atoms with Gasteiger partial charge in [0.15, 0.2) is 0 Å². The van der Waals surface area contributed by atoms with Crippen molar-refractivity contribution in [3.63, 3.8) is 0 Å². The zero-order valence-electron chi connectivity index (χ0n) is 10.8. The largest absolute Gasteiger partial charge is 0.396 e. The van der Waals surface area contributed by atoms with Crippen molar-refractivity contribution in [2.24, 2.45) is 5.92 Å². The van der Waals surface area contributed by atoms with Gasteiger partial charge in [0, 0.05) is 31.0 Å². The van der Waals surface area contributed by atoms with E-state index in [1.54, 1.807) is 11.8 Å². The summed E-state index contributed by atoms with van der Waals surface area (Å²) >= 11 is 1.75. The van der Waals surface area contributed by atoms with Gasteiger partial charge >= 0.3 is 0 Å². The molecule has 0 unspecified atom stereocenters. The number of nitrogens with zero attached hydrogens (tertiary/aromatic N) is 1. The summed E-state index contributed by atoms with van der Waals surface area (Å²) in [4.78, 5) is 0. The summed E-state index contributed by atoms with van der Waals surface area (Å²) in [5.41, 5.74) is 0. The van der Waals surface area contributed by atoms with E-state index in [9.17, 15) is 8.42 Å². The van der Waals surface area contributed by atoms with Crippen LogP contribution in [0.4, 0.5) is 0 Å². The highest BCUT2D eigenvalue weighted by atomic mass is 32.2. The minimum atomic E-state index is -3.33. The van der Waals surface area contributed by atoms with Crippen LogP contribution in [-0.4, -0.2) is 55.1 Å². The van der Waals surface area contributed by atoms with Crippen LogP contribution >= 0.6 is 11.8 Å². The summed E-state index contributed by atoms with van der Waals surface area (Å²) in [7, 11) is -3.33. The van der Waals surface area contributed by atoms with Gasteiger partial charge < -0.3 is 5.11 Å². The quantitative estimate of drug-likeness (QED) is 0.745. The van der Waals surface area contributed by atoms with E-state index in [1.807, 2.05) is 6.26 Å². The summed E-state index contributed by atoms with van der Waals surface area (Å²) in [5.74, 6) is 0.262. The molecule has 2 aliphatic rings. The van der Waals surface area contributed by atoms with Crippen LogP contribution in [0.15, 0.2) is 0 Å². The van der Waals surface area contributed by atoms with Crippen molar-refractivity contribution < 1.29 is 13.5 Å². The van der Waals surface area contributed by atoms with Gasteiger partial charge in [0.05, 0.1) is 0 Å². The molecule has 1 heterocycles. The predicted octanol–water partition coefficient (Wildman–Crippen LogP) is 0.421. The minimum Gasteiger partial charge on any atom is -0.396 e. The topological polar surface area (TPSA) is 69.6 Å². The van der Waals surface area contributed by atoms with E-state index < -0.39 is 10.2 Å². The number of piperidine rings is 1. The molecule has 0 aromatic carbocycles. The van der Waals surface area contributed by atoms with Gasteiger partial charge in [-0.15, -0.1) is 0 Å². The molecule has 1 aliphatic heterocycles. The fourth-order valence-electron chi connectivity index (χ4n) is 2.24. The molecule has 18 heavy (non-hydrogen) atoms. The summed E-state index contributed by atoms with van der Waals surface area (Å²) in [5, 5.41) is 9.04. The van der Waals surface area contributed by atoms with Gasteiger partial charge in [0.1, 0.15) is 0 Å². The smallest absolute Gasteiger partial charge is 0.279 e. The van der Waals surface area contributed by atoms with E-state index in [1.165, 1.54) is 4.31 Å². The monoisotopic (exact) mass is 294 g/mol. The zero-order valence-corrected chi connectivity index (χ0v) is 12.4. The lowest BCUT2D eigenvalue weighted by Gasteiger charge is -2.30. The van der Waals surface area contributed by atoms with Gasteiger partial charge in [-0.2, -0.15) is 24.5 Å². The molecular formula is C11H22N2O3S2. The SMILES string of the molecule is CSC1(CNS(=O)(=O)N2CCC(CO)CC2)CC1. The van der Waals surface area contributed by atoms with Crippen molar-refractivity contribution in [1.29, 1.82) is 0 Å². The van der Waals surface area contributed by atoms with Crippen molar-refractivity contribution in [2.45, 2.75) is 30.4 Å². The highest BCUT2D eigenvalue weighted by Crippen LogP contribution is 2.46. The lowest BCUT2D eigenvalue weighted by molar-refractivity contribution is 0.169. The maximum Gasteiger partial charge on any atom is 0.279 e. The normalized spacial score (nSPS) is 25.2. The van der Waals surface area contributed by atoms with Crippen molar-refractivity contribution in [3.8, 4) is 0 Å². The molecule has 1 aliphatic carbocycles. The zero-order chi connectivity index (χ0) is 13.2. The lowest BCUT2D eigenvalue weighted by atomic mass is 10.00. The van der Waals surface area contributed by atoms with Crippen LogP contribution in [0.2, 0.25) is 0 Å². The third-order valence-corrected chi connectivity index (χ3v) is 6.96. The minimum absolute atomic E-state index is 0.149. The maximum absolute atomic E-state index is 12.1. The maximum atomic E-state index is 12.1. The number of aliphatic hydroxyl groups excluding tert-OH is 1. The first-order valence-corrected chi connectivity index (χ1v) is 9.08. The number of hydrogen-bond acceptors (Lipinski definition) is 4. The molecule has 2 rings (SSSR count). The number of aliphatic hydroxyl groups is 1. The third kappa shape index (κ3) is 3.39. The molecule has 2 fully saturated rings. The highest BCUT2D eigenvalue weighted by molar-refractivity contribution is 8.00. The first-order valence-electron chi connectivity index (χ1n) is 6.42. The first-order chi connectivity index (χ1) is 8.51. The molecule has 1 saturated heterocycles. The average Bonchev–Trinajstić information content (AvgIpc) is 3.17. The van der Waals surface area contributed by atoms with Crippen molar-refractivity contribution in [2.75, 3.05) is 32.5 Å². The van der Waals surface area contributed by atoms with Crippen LogP contribution in [0.3, 0.4) is 0 Å². The summed E-state index contributed by atoms with van der Waals surface area (Å²) in [6, 6.07) is 0. The Bertz CT molecular complexity index is 374. The molecule has 0 spiro atoms. The van der Waals surface area contributed by atoms with Crippen LogP contribution < -0.4 is 4.72 Å². The Morgan fingerprint density at radius 2 is 2.00 bits per heavy atom. The van der Waals surface area contributed by atoms with Crippen LogP contribution in [-0.2, 0) is 10.2 Å². The summed E-state index contributed by atoms with van der Waals surface area (Å²) in [6.07, 6.45) is 5.75. The molecule has 106 valence electrons. The summed E-state index contributed by atoms with van der Waals surface area (Å²) in [6.45, 7) is 1.74. The molecule has 2 N–H and O–H groups in total. The fraction of sp³-hybridized carbons (Fsp3) is 1.00. The van der Waals surface area contributed by atoms with Crippen LogP contribution in [0.5, 0.6) is 0 Å². The van der Waals surface area contributed by atoms with Crippen molar-refractivity contribution in [3.05, 3.63) is 0 Å². The molecule has 0 bridgehead atoms. The fourth-order valence-corrected chi connectivity index (χ4v) is 4.39. The van der Waals surface area contributed by atoms with Crippen LogP contribution in [0.1, 0.15) is 25.7 Å². The van der Waals surface area contributed by atoms with E-state index in [2.05, 4.69) is 4.72 Å². The van der Waals surface area contributed by atoms with Gasteiger partial charge in [0.2, 0.25) is 0 Å². The molecule has 5 nitrogen and oxygen atoms in total. The van der Waals surface area contributed by atoms with Gasteiger partial charge in [-0.05, 0) is 37.9 Å². The Morgan fingerprint density at radius 1 is 1.39 bits per heavy atom. The standard InChI is InChI=1S/C11H22N2O3S2/c1-17-11(4-5-11)9-12-18(15,16)13-6-2-10(8-14)3-7-13/h10,12,14H,2-9H2,1H3. The number of rotatable bonds is 6. The molecular weight excluding hydrogens is 272 g/mol. The lowest BCUT2D eigenvalue weighted by Crippen LogP contribution is -2.47. The predicted molar refractivity (Wildman–Crippen MR) is 73.8 cm³/mol. The number of thioether (sulfide) groups is 1. The van der Waals surface area contributed by atoms with E-state index in [-0.39, 0.29) is 17.3 Å². The van der Waals surface area contributed by atoms with Gasteiger partial charge in [-0.3, -0.25) is 0 Å². The Morgan fingerprint density at radius 3 is 2.44 bits per heavy atom. The average molecular weight is 294 g/mol. The Balaban J connectivity index is 1.83. The summed E-state index contributed by atoms with van der Waals surface area (Å²) < 4.78 is 28.6. The van der Waals surface area contributed by atoms with Crippen molar-refractivity contribution in [1.82, 2.24) is 9.03 Å². The highest BCUT2D eigenvalue weighted by Gasteiger charge is 2.43. The van der Waals surface area contributed by atoms with E-state index in [4.69, 9.17) is 5.11 Å². The van der Waals surface area contributed by atoms with Crippen LogP contribution in [0.25, 0.3) is 0 Å². The first kappa shape index (κ1) is 14.6. The Kier molecular flexibility index (Phi) is 4.59. The second-order valence-corrected chi connectivity index (χ2v) is 8.27. The number of hydrogen-bond donors (Lipinski definition) is 2. The molecule has 7 heteroatoms. The Hall–Kier alpha value is 0.180. The van der Waals surface area contributed by atoms with Crippen molar-refractivity contribution >= 4 is 22.0 Å². The van der Waals surface area contributed by atoms with Crippen LogP contribution in [0, 0.1) is 5.92 Å². The van der Waals surface area contributed by atoms with E-state index in [0.717, 1.165) is 25.7 Å². The Labute approximate surface area is 114 Å². The number of nitrogens with one attached hydrogen (secondary N) is 1. The molecule has 1 saturated carbocycles. The molecule has 0 atom stereocenters. The second kappa shape index (κ2) is 5.66. The van der Waals surface area contributed by atoms with Gasteiger partial charge in [-0.1, -0.05) is 0 Å². The third-order valence-electron chi connectivity index (χ3n) is 3.99. The second-order valence-electron chi connectivity index (χ2n) is 5.24. The van der Waals surface area contributed by atoms with E-state index in [0.29, 0.717) is 19.6 Å². The van der Waals surface area contributed by atoms with Gasteiger partial charge in [-0.25, -0.2) is 4.72 Å². The van der Waals surface area contributed by atoms with E-state index >= 15 is 0 Å². The van der Waals surface area contributed by atoms with Gasteiger partial charge in [0.25, 0.3) is 10.2 Å². The molecule has 0 amide bonds. The molecule has 0 radical (unpaired) electrons. The molecule has 0 aromatic rings.